The summed E-state index contributed by atoms with van der Waals surface area (Å²) < 4.78 is 2.49. The van der Waals surface area contributed by atoms with Crippen LogP contribution in [0.1, 0.15) is 45.4 Å². The normalized spacial score (nSPS) is 19.7. The molecule has 1 aliphatic rings. The molecule has 0 saturated carbocycles. The second kappa shape index (κ2) is 4.36. The van der Waals surface area contributed by atoms with E-state index in [0.717, 1.165) is 12.5 Å². The van der Waals surface area contributed by atoms with Crippen molar-refractivity contribution in [3.63, 3.8) is 0 Å². The van der Waals surface area contributed by atoms with E-state index in [9.17, 15) is 0 Å². The maximum absolute atomic E-state index is 4.34. The van der Waals surface area contributed by atoms with Gasteiger partial charge in [-0.3, -0.25) is 4.98 Å². The van der Waals surface area contributed by atoms with Crippen LogP contribution in [0.3, 0.4) is 0 Å². The Balaban J connectivity index is 2.14. The van der Waals surface area contributed by atoms with Crippen LogP contribution in [0.25, 0.3) is 10.9 Å². The first-order valence-electron chi connectivity index (χ1n) is 7.46. The molecule has 102 valence electrons. The van der Waals surface area contributed by atoms with Crippen LogP contribution in [0.15, 0.2) is 18.5 Å². The summed E-state index contributed by atoms with van der Waals surface area (Å²) in [6, 6.07) is 2.17. The minimum absolute atomic E-state index is 0.403. The molecular formula is C17H24N2. The fraction of sp³-hybridized carbons (Fsp3) is 0.588. The zero-order chi connectivity index (χ0) is 13.6. The summed E-state index contributed by atoms with van der Waals surface area (Å²) in [5.74, 6) is 0.788. The molecule has 0 radical (unpaired) electrons. The van der Waals surface area contributed by atoms with E-state index >= 15 is 0 Å². The Morgan fingerprint density at radius 2 is 2.16 bits per heavy atom. The molecule has 0 saturated heterocycles. The highest BCUT2D eigenvalue weighted by Gasteiger charge is 2.31. The zero-order valence-electron chi connectivity index (χ0n) is 12.5. The summed E-state index contributed by atoms with van der Waals surface area (Å²) in [5, 5.41) is 1.38. The molecule has 2 heteroatoms. The Bertz CT molecular complexity index is 601. The summed E-state index contributed by atoms with van der Waals surface area (Å²) >= 11 is 0. The van der Waals surface area contributed by atoms with Gasteiger partial charge in [-0.2, -0.15) is 0 Å². The maximum Gasteiger partial charge on any atom is 0.0516 e. The van der Waals surface area contributed by atoms with E-state index in [1.54, 1.807) is 11.3 Å². The Morgan fingerprint density at radius 1 is 1.37 bits per heavy atom. The molecule has 1 aliphatic carbocycles. The molecule has 0 aromatic carbocycles. The highest BCUT2D eigenvalue weighted by Crippen LogP contribution is 2.40. The van der Waals surface area contributed by atoms with Crippen molar-refractivity contribution in [1.82, 2.24) is 9.55 Å². The molecule has 1 atom stereocenters. The monoisotopic (exact) mass is 256 g/mol. The van der Waals surface area contributed by atoms with Gasteiger partial charge in [0.15, 0.2) is 0 Å². The van der Waals surface area contributed by atoms with Crippen molar-refractivity contribution in [2.24, 2.45) is 11.3 Å². The molecule has 0 N–H and O–H groups in total. The minimum Gasteiger partial charge on any atom is -0.345 e. The number of aromatic nitrogens is 2. The highest BCUT2D eigenvalue weighted by atomic mass is 15.0. The lowest BCUT2D eigenvalue weighted by Gasteiger charge is -2.34. The van der Waals surface area contributed by atoms with Gasteiger partial charge in [-0.25, -0.2) is 0 Å². The zero-order valence-corrected chi connectivity index (χ0v) is 12.5. The van der Waals surface area contributed by atoms with Gasteiger partial charge < -0.3 is 4.57 Å². The number of aryl methyl sites for hydroxylation is 1. The molecule has 3 rings (SSSR count). The lowest BCUT2D eigenvalue weighted by Crippen LogP contribution is -2.27. The summed E-state index contributed by atoms with van der Waals surface area (Å²) in [6.07, 6.45) is 7.74. The SMILES string of the molecule is CCn1c2c(c3cnccc31)CC(C(C)(C)C)CC2. The Kier molecular flexibility index (Phi) is 2.92. The lowest BCUT2D eigenvalue weighted by atomic mass is 9.71. The Labute approximate surface area is 115 Å². The average Bonchev–Trinajstić information content (AvgIpc) is 2.70. The quantitative estimate of drug-likeness (QED) is 0.747. The van der Waals surface area contributed by atoms with Crippen molar-refractivity contribution < 1.29 is 0 Å². The first-order chi connectivity index (χ1) is 9.02. The molecule has 0 amide bonds. The molecule has 2 aromatic rings. The van der Waals surface area contributed by atoms with Crippen molar-refractivity contribution in [3.8, 4) is 0 Å². The van der Waals surface area contributed by atoms with Gasteiger partial charge in [0.1, 0.15) is 0 Å². The van der Waals surface area contributed by atoms with Gasteiger partial charge in [-0.15, -0.1) is 0 Å². The summed E-state index contributed by atoms with van der Waals surface area (Å²) in [5.41, 5.74) is 4.90. The van der Waals surface area contributed by atoms with E-state index in [-0.39, 0.29) is 0 Å². The van der Waals surface area contributed by atoms with Gasteiger partial charge in [-0.1, -0.05) is 20.8 Å². The first-order valence-corrected chi connectivity index (χ1v) is 7.46. The van der Waals surface area contributed by atoms with Crippen LogP contribution in [0.4, 0.5) is 0 Å². The van der Waals surface area contributed by atoms with Crippen molar-refractivity contribution in [2.45, 2.75) is 53.5 Å². The van der Waals surface area contributed by atoms with Crippen molar-refractivity contribution in [1.29, 1.82) is 0 Å². The molecule has 2 heterocycles. The average molecular weight is 256 g/mol. The van der Waals surface area contributed by atoms with Crippen molar-refractivity contribution >= 4 is 10.9 Å². The lowest BCUT2D eigenvalue weighted by molar-refractivity contribution is 0.215. The van der Waals surface area contributed by atoms with Gasteiger partial charge >= 0.3 is 0 Å². The third-order valence-electron chi connectivity index (χ3n) is 4.81. The number of pyridine rings is 1. The fourth-order valence-corrected chi connectivity index (χ4v) is 3.59. The Hall–Kier alpha value is -1.31. The summed E-state index contributed by atoms with van der Waals surface area (Å²) in [6.45, 7) is 10.4. The van der Waals surface area contributed by atoms with E-state index in [1.165, 1.54) is 30.2 Å². The van der Waals surface area contributed by atoms with Gasteiger partial charge in [0.05, 0.1) is 5.52 Å². The summed E-state index contributed by atoms with van der Waals surface area (Å²) in [4.78, 5) is 4.34. The number of fused-ring (bicyclic) bond motifs is 3. The number of rotatable bonds is 1. The second-order valence-corrected chi connectivity index (χ2v) is 6.87. The largest absolute Gasteiger partial charge is 0.345 e. The van der Waals surface area contributed by atoms with E-state index in [4.69, 9.17) is 0 Å². The molecule has 2 aromatic heterocycles. The number of hydrogen-bond acceptors (Lipinski definition) is 1. The van der Waals surface area contributed by atoms with Gasteiger partial charge in [0.25, 0.3) is 0 Å². The topological polar surface area (TPSA) is 17.8 Å². The van der Waals surface area contributed by atoms with Crippen LogP contribution in [0.2, 0.25) is 0 Å². The molecule has 1 unspecified atom stereocenters. The van der Waals surface area contributed by atoms with Crippen LogP contribution in [-0.4, -0.2) is 9.55 Å². The fourth-order valence-electron chi connectivity index (χ4n) is 3.59. The predicted molar refractivity (Wildman–Crippen MR) is 80.4 cm³/mol. The first kappa shape index (κ1) is 12.7. The third-order valence-corrected chi connectivity index (χ3v) is 4.81. The Morgan fingerprint density at radius 3 is 2.84 bits per heavy atom. The van der Waals surface area contributed by atoms with Crippen LogP contribution in [0.5, 0.6) is 0 Å². The maximum atomic E-state index is 4.34. The number of hydrogen-bond donors (Lipinski definition) is 0. The van der Waals surface area contributed by atoms with E-state index in [1.807, 2.05) is 6.20 Å². The van der Waals surface area contributed by atoms with E-state index in [2.05, 4.69) is 49.5 Å². The molecule has 0 aliphatic heterocycles. The molecule has 0 fully saturated rings. The van der Waals surface area contributed by atoms with Crippen molar-refractivity contribution in [2.75, 3.05) is 0 Å². The molecule has 2 nitrogen and oxygen atoms in total. The van der Waals surface area contributed by atoms with Crippen LogP contribution < -0.4 is 0 Å². The smallest absolute Gasteiger partial charge is 0.0516 e. The molecule has 19 heavy (non-hydrogen) atoms. The standard InChI is InChI=1S/C17H24N2/c1-5-19-15-7-6-12(17(2,3)4)10-13(15)14-11-18-9-8-16(14)19/h8-9,11-12H,5-7,10H2,1-4H3. The van der Waals surface area contributed by atoms with Gasteiger partial charge in [0, 0.05) is 30.0 Å². The van der Waals surface area contributed by atoms with E-state index < -0.39 is 0 Å². The third kappa shape index (κ3) is 1.98. The van der Waals surface area contributed by atoms with Crippen LogP contribution in [-0.2, 0) is 19.4 Å². The van der Waals surface area contributed by atoms with Crippen molar-refractivity contribution in [3.05, 3.63) is 29.7 Å². The van der Waals surface area contributed by atoms with Gasteiger partial charge in [-0.05, 0) is 49.1 Å². The second-order valence-electron chi connectivity index (χ2n) is 6.87. The van der Waals surface area contributed by atoms with Gasteiger partial charge in [0.2, 0.25) is 0 Å². The minimum atomic E-state index is 0.403. The summed E-state index contributed by atoms with van der Waals surface area (Å²) in [7, 11) is 0. The highest BCUT2D eigenvalue weighted by molar-refractivity contribution is 5.85. The van der Waals surface area contributed by atoms with Crippen LogP contribution in [0, 0.1) is 11.3 Å². The van der Waals surface area contributed by atoms with Crippen LogP contribution >= 0.6 is 0 Å². The van der Waals surface area contributed by atoms with E-state index in [0.29, 0.717) is 5.41 Å². The predicted octanol–water partition coefficient (Wildman–Crippen LogP) is 4.21. The molecular weight excluding hydrogens is 232 g/mol. The number of nitrogens with zero attached hydrogens (tertiary/aromatic N) is 2. The molecule has 0 spiro atoms. The molecule has 0 bridgehead atoms.